The van der Waals surface area contributed by atoms with E-state index < -0.39 is 18.5 Å². The van der Waals surface area contributed by atoms with Gasteiger partial charge in [0.2, 0.25) is 0 Å². The van der Waals surface area contributed by atoms with Gasteiger partial charge in [-0.3, -0.25) is 9.69 Å². The maximum atomic E-state index is 12.8. The summed E-state index contributed by atoms with van der Waals surface area (Å²) in [6.45, 7) is 1.65. The van der Waals surface area contributed by atoms with E-state index in [9.17, 15) is 19.5 Å². The summed E-state index contributed by atoms with van der Waals surface area (Å²) in [5, 5.41) is 18.6. The smallest absolute Gasteiger partial charge is 0.341 e. The number of aliphatic carboxylic acids is 1. The number of carbonyl (C=O) groups excluding carboxylic acids is 1. The number of rotatable bonds is 7. The van der Waals surface area contributed by atoms with Gasteiger partial charge in [0.05, 0.1) is 16.2 Å². The Hall–Kier alpha value is -3.59. The highest BCUT2D eigenvalue weighted by atomic mass is 32.2. The quantitative estimate of drug-likeness (QED) is 0.651. The maximum Gasteiger partial charge on any atom is 0.341 e. The van der Waals surface area contributed by atoms with Crippen molar-refractivity contribution < 1.29 is 29.3 Å². The second kappa shape index (κ2) is 9.27. The molecule has 9 heteroatoms. The van der Waals surface area contributed by atoms with E-state index in [1.54, 1.807) is 55.5 Å². The SMILES string of the molecule is CCN1C(=O)/C(=C/c2ccccc2OCC(=O)O)SC1=Nc1ccccc1C(=O)O. The van der Waals surface area contributed by atoms with Crippen LogP contribution >= 0.6 is 11.8 Å². The minimum absolute atomic E-state index is 0.0407. The molecule has 1 fully saturated rings. The molecule has 0 radical (unpaired) electrons. The fourth-order valence-corrected chi connectivity index (χ4v) is 3.78. The van der Waals surface area contributed by atoms with Crippen LogP contribution in [0.5, 0.6) is 5.75 Å². The number of hydrogen-bond acceptors (Lipinski definition) is 6. The molecule has 1 aliphatic rings. The molecular formula is C21H18N2O6S. The molecule has 2 aromatic carbocycles. The van der Waals surface area contributed by atoms with Crippen molar-refractivity contribution in [2.45, 2.75) is 6.92 Å². The largest absolute Gasteiger partial charge is 0.481 e. The van der Waals surface area contributed by atoms with E-state index in [0.29, 0.717) is 27.9 Å². The molecule has 3 rings (SSSR count). The van der Waals surface area contributed by atoms with E-state index in [-0.39, 0.29) is 17.2 Å². The lowest BCUT2D eigenvalue weighted by Gasteiger charge is -2.12. The van der Waals surface area contributed by atoms with Crippen molar-refractivity contribution in [3.63, 3.8) is 0 Å². The van der Waals surface area contributed by atoms with Gasteiger partial charge in [0.15, 0.2) is 11.8 Å². The third-order valence-electron chi connectivity index (χ3n) is 4.11. The van der Waals surface area contributed by atoms with Gasteiger partial charge in [-0.05, 0) is 43.0 Å². The van der Waals surface area contributed by atoms with Gasteiger partial charge in [0.1, 0.15) is 5.75 Å². The molecule has 0 atom stereocenters. The Kier molecular flexibility index (Phi) is 6.53. The summed E-state index contributed by atoms with van der Waals surface area (Å²) in [6.07, 6.45) is 1.61. The van der Waals surface area contributed by atoms with E-state index in [4.69, 9.17) is 9.84 Å². The number of carbonyl (C=O) groups is 3. The number of aromatic carboxylic acids is 1. The summed E-state index contributed by atoms with van der Waals surface area (Å²) in [5.74, 6) is -2.15. The molecule has 30 heavy (non-hydrogen) atoms. The first-order chi connectivity index (χ1) is 14.4. The number of carboxylic acids is 2. The molecule has 1 heterocycles. The number of likely N-dealkylation sites (N-methyl/N-ethyl adjacent to an activating group) is 1. The fraction of sp³-hybridized carbons (Fsp3) is 0.143. The first-order valence-corrected chi connectivity index (χ1v) is 9.78. The lowest BCUT2D eigenvalue weighted by atomic mass is 10.2. The van der Waals surface area contributed by atoms with Gasteiger partial charge in [0, 0.05) is 12.1 Å². The number of para-hydroxylation sites is 2. The summed E-state index contributed by atoms with van der Waals surface area (Å²) in [6, 6.07) is 13.1. The van der Waals surface area contributed by atoms with Crippen LogP contribution in [-0.2, 0) is 9.59 Å². The lowest BCUT2D eigenvalue weighted by molar-refractivity contribution is -0.139. The van der Waals surface area contributed by atoms with Crippen LogP contribution in [0.1, 0.15) is 22.8 Å². The molecule has 8 nitrogen and oxygen atoms in total. The molecule has 0 aromatic heterocycles. The second-order valence-electron chi connectivity index (χ2n) is 6.10. The first-order valence-electron chi connectivity index (χ1n) is 8.96. The van der Waals surface area contributed by atoms with Gasteiger partial charge in [-0.15, -0.1) is 0 Å². The minimum Gasteiger partial charge on any atom is -0.481 e. The maximum absolute atomic E-state index is 12.8. The van der Waals surface area contributed by atoms with E-state index in [0.717, 1.165) is 11.8 Å². The van der Waals surface area contributed by atoms with Crippen molar-refractivity contribution in [3.05, 3.63) is 64.6 Å². The van der Waals surface area contributed by atoms with Crippen molar-refractivity contribution in [2.24, 2.45) is 4.99 Å². The second-order valence-corrected chi connectivity index (χ2v) is 7.11. The number of nitrogens with zero attached hydrogens (tertiary/aromatic N) is 2. The third-order valence-corrected chi connectivity index (χ3v) is 5.12. The minimum atomic E-state index is -1.10. The number of amidine groups is 1. The van der Waals surface area contributed by atoms with Crippen LogP contribution < -0.4 is 4.74 Å². The Morgan fingerprint density at radius 2 is 1.83 bits per heavy atom. The van der Waals surface area contributed by atoms with Crippen LogP contribution in [0.2, 0.25) is 0 Å². The van der Waals surface area contributed by atoms with Gasteiger partial charge < -0.3 is 14.9 Å². The number of thioether (sulfide) groups is 1. The molecule has 0 unspecified atom stereocenters. The van der Waals surface area contributed by atoms with Crippen LogP contribution in [0.3, 0.4) is 0 Å². The number of amides is 1. The molecule has 2 aromatic rings. The van der Waals surface area contributed by atoms with Crippen LogP contribution in [0.25, 0.3) is 6.08 Å². The number of hydrogen-bond donors (Lipinski definition) is 2. The Morgan fingerprint density at radius 1 is 1.13 bits per heavy atom. The summed E-state index contributed by atoms with van der Waals surface area (Å²) < 4.78 is 5.29. The molecule has 1 amide bonds. The third kappa shape index (κ3) is 4.69. The highest BCUT2D eigenvalue weighted by molar-refractivity contribution is 8.18. The Balaban J connectivity index is 1.96. The number of ether oxygens (including phenoxy) is 1. The monoisotopic (exact) mass is 426 g/mol. The molecule has 0 spiro atoms. The number of aliphatic imine (C=N–C) groups is 1. The lowest BCUT2D eigenvalue weighted by Crippen LogP contribution is -2.28. The molecule has 0 saturated carbocycles. The highest BCUT2D eigenvalue weighted by Crippen LogP contribution is 2.36. The zero-order valence-corrected chi connectivity index (χ0v) is 16.8. The van der Waals surface area contributed by atoms with Gasteiger partial charge in [-0.1, -0.05) is 30.3 Å². The average Bonchev–Trinajstić information content (AvgIpc) is 3.01. The molecule has 1 saturated heterocycles. The zero-order valence-electron chi connectivity index (χ0n) is 15.9. The van der Waals surface area contributed by atoms with Crippen LogP contribution in [0.4, 0.5) is 5.69 Å². The summed E-state index contributed by atoms with van der Waals surface area (Å²) in [4.78, 5) is 41.3. The Bertz CT molecular complexity index is 1060. The fourth-order valence-electron chi connectivity index (χ4n) is 2.74. The highest BCUT2D eigenvalue weighted by Gasteiger charge is 2.32. The summed E-state index contributed by atoms with van der Waals surface area (Å²) >= 11 is 1.12. The molecule has 1 aliphatic heterocycles. The Morgan fingerprint density at radius 3 is 2.53 bits per heavy atom. The van der Waals surface area contributed by atoms with E-state index in [1.165, 1.54) is 11.0 Å². The number of benzene rings is 2. The molecule has 2 N–H and O–H groups in total. The van der Waals surface area contributed by atoms with Gasteiger partial charge in [-0.25, -0.2) is 14.6 Å². The van der Waals surface area contributed by atoms with Gasteiger partial charge in [0.25, 0.3) is 5.91 Å². The molecular weight excluding hydrogens is 408 g/mol. The van der Waals surface area contributed by atoms with Crippen molar-refractivity contribution >= 4 is 46.5 Å². The molecule has 154 valence electrons. The molecule has 0 bridgehead atoms. The van der Waals surface area contributed by atoms with Crippen molar-refractivity contribution in [1.82, 2.24) is 4.90 Å². The van der Waals surface area contributed by atoms with E-state index >= 15 is 0 Å². The van der Waals surface area contributed by atoms with Crippen molar-refractivity contribution in [2.75, 3.05) is 13.2 Å². The zero-order chi connectivity index (χ0) is 21.7. The number of carboxylic acid groups (broad SMARTS) is 2. The summed E-state index contributed by atoms with van der Waals surface area (Å²) in [7, 11) is 0. The topological polar surface area (TPSA) is 117 Å². The van der Waals surface area contributed by atoms with Crippen molar-refractivity contribution in [3.8, 4) is 5.75 Å². The summed E-state index contributed by atoms with van der Waals surface area (Å²) in [5.41, 5.74) is 0.849. The van der Waals surface area contributed by atoms with E-state index in [1.807, 2.05) is 0 Å². The van der Waals surface area contributed by atoms with Crippen molar-refractivity contribution in [1.29, 1.82) is 0 Å². The van der Waals surface area contributed by atoms with Gasteiger partial charge >= 0.3 is 11.9 Å². The molecule has 0 aliphatic carbocycles. The standard InChI is InChI=1S/C21H18N2O6S/c1-2-23-19(26)17(11-13-7-3-6-10-16(13)29-12-18(24)25)30-21(23)22-15-9-5-4-8-14(15)20(27)28/h3-11H,2,12H2,1H3,(H,24,25)(H,27,28)/b17-11-,22-21?. The predicted molar refractivity (Wildman–Crippen MR) is 113 cm³/mol. The van der Waals surface area contributed by atoms with Gasteiger partial charge in [-0.2, -0.15) is 0 Å². The van der Waals surface area contributed by atoms with E-state index in [2.05, 4.69) is 4.99 Å². The average molecular weight is 426 g/mol. The van der Waals surface area contributed by atoms with Crippen LogP contribution in [0.15, 0.2) is 58.4 Å². The first kappa shape index (κ1) is 21.1. The van der Waals surface area contributed by atoms with Crippen LogP contribution in [0, 0.1) is 0 Å². The predicted octanol–water partition coefficient (Wildman–Crippen LogP) is 3.47. The normalized spacial score (nSPS) is 16.3. The van der Waals surface area contributed by atoms with Crippen LogP contribution in [-0.4, -0.2) is 51.3 Å². The Labute approximate surface area is 176 Å².